The van der Waals surface area contributed by atoms with E-state index in [-0.39, 0.29) is 6.04 Å². The summed E-state index contributed by atoms with van der Waals surface area (Å²) in [7, 11) is 1.95. The quantitative estimate of drug-likeness (QED) is 0.918. The Morgan fingerprint density at radius 3 is 2.67 bits per heavy atom. The van der Waals surface area contributed by atoms with Crippen molar-refractivity contribution in [3.05, 3.63) is 11.6 Å². The molecule has 6 nitrogen and oxygen atoms in total. The lowest BCUT2D eigenvalue weighted by Crippen LogP contribution is -2.54. The molecule has 1 saturated carbocycles. The number of fused-ring (bicyclic) bond motifs is 1. The molecule has 3 unspecified atom stereocenters. The fourth-order valence-electron chi connectivity index (χ4n) is 3.98. The van der Waals surface area contributed by atoms with Crippen molar-refractivity contribution in [2.24, 2.45) is 13.0 Å². The van der Waals surface area contributed by atoms with Crippen molar-refractivity contribution >= 4 is 5.97 Å². The van der Waals surface area contributed by atoms with Crippen LogP contribution in [0, 0.1) is 12.8 Å². The highest BCUT2D eigenvalue weighted by molar-refractivity contribution is 5.73. The molecule has 3 rings (SSSR count). The number of carboxylic acid groups (broad SMARTS) is 1. The monoisotopic (exact) mass is 292 g/mol. The first-order chi connectivity index (χ1) is 10.1. The topological polar surface area (TPSA) is 71.2 Å². The van der Waals surface area contributed by atoms with Crippen LogP contribution in [0.5, 0.6) is 0 Å². The molecule has 2 aliphatic rings. The number of aliphatic carboxylic acids is 1. The molecular weight excluding hydrogens is 268 g/mol. The molecule has 3 atom stereocenters. The Kier molecular flexibility index (Phi) is 3.97. The SMILES string of the molecule is Cc1nnc(CN2C(C(=O)O)CCC3CCCCC32)n1C. The first-order valence-electron chi connectivity index (χ1n) is 7.91. The Hall–Kier alpha value is -1.43. The Bertz CT molecular complexity index is 528. The van der Waals surface area contributed by atoms with Crippen molar-refractivity contribution in [3.63, 3.8) is 0 Å². The van der Waals surface area contributed by atoms with E-state index < -0.39 is 5.97 Å². The molecule has 1 aliphatic heterocycles. The van der Waals surface area contributed by atoms with Crippen molar-refractivity contribution in [1.82, 2.24) is 19.7 Å². The first-order valence-corrected chi connectivity index (χ1v) is 7.91. The molecule has 21 heavy (non-hydrogen) atoms. The first kappa shape index (κ1) is 14.5. The highest BCUT2D eigenvalue weighted by Gasteiger charge is 2.41. The van der Waals surface area contributed by atoms with Crippen LogP contribution in [0.2, 0.25) is 0 Å². The van der Waals surface area contributed by atoms with Gasteiger partial charge in [0.1, 0.15) is 17.7 Å². The summed E-state index contributed by atoms with van der Waals surface area (Å²) in [5, 5.41) is 17.9. The number of rotatable bonds is 3. The smallest absolute Gasteiger partial charge is 0.320 e. The third kappa shape index (κ3) is 2.69. The number of piperidine rings is 1. The molecule has 1 aromatic rings. The van der Waals surface area contributed by atoms with Crippen LogP contribution in [0.25, 0.3) is 0 Å². The number of aromatic nitrogens is 3. The number of likely N-dealkylation sites (tertiary alicyclic amines) is 1. The third-order valence-electron chi connectivity index (χ3n) is 5.30. The van der Waals surface area contributed by atoms with Crippen molar-refractivity contribution in [3.8, 4) is 0 Å². The minimum absolute atomic E-state index is 0.374. The van der Waals surface area contributed by atoms with Gasteiger partial charge in [0.2, 0.25) is 0 Å². The van der Waals surface area contributed by atoms with E-state index in [0.717, 1.165) is 30.9 Å². The van der Waals surface area contributed by atoms with Crippen LogP contribution in [0.3, 0.4) is 0 Å². The van der Waals surface area contributed by atoms with Gasteiger partial charge in [-0.2, -0.15) is 0 Å². The Labute approximate surface area is 125 Å². The lowest BCUT2D eigenvalue weighted by molar-refractivity contribution is -0.148. The molecule has 0 radical (unpaired) electrons. The van der Waals surface area contributed by atoms with Crippen LogP contribution >= 0.6 is 0 Å². The fourth-order valence-corrected chi connectivity index (χ4v) is 3.98. The van der Waals surface area contributed by atoms with Gasteiger partial charge in [-0.25, -0.2) is 0 Å². The number of hydrogen-bond acceptors (Lipinski definition) is 4. The van der Waals surface area contributed by atoms with Gasteiger partial charge in [0.15, 0.2) is 0 Å². The predicted octanol–water partition coefficient (Wildman–Crippen LogP) is 1.73. The molecule has 0 spiro atoms. The highest BCUT2D eigenvalue weighted by Crippen LogP contribution is 2.38. The van der Waals surface area contributed by atoms with Gasteiger partial charge in [-0.05, 0) is 38.5 Å². The molecule has 1 aliphatic carbocycles. The van der Waals surface area contributed by atoms with Crippen LogP contribution < -0.4 is 0 Å². The van der Waals surface area contributed by atoms with E-state index in [9.17, 15) is 9.90 Å². The van der Waals surface area contributed by atoms with Gasteiger partial charge in [-0.3, -0.25) is 9.69 Å². The van der Waals surface area contributed by atoms with Crippen LogP contribution in [-0.2, 0) is 18.4 Å². The maximum Gasteiger partial charge on any atom is 0.320 e. The zero-order valence-electron chi connectivity index (χ0n) is 12.8. The summed E-state index contributed by atoms with van der Waals surface area (Å²) < 4.78 is 1.96. The molecule has 1 saturated heterocycles. The van der Waals surface area contributed by atoms with Gasteiger partial charge < -0.3 is 9.67 Å². The average Bonchev–Trinajstić information content (AvgIpc) is 2.79. The number of hydrogen-bond donors (Lipinski definition) is 1. The molecule has 2 fully saturated rings. The second kappa shape index (κ2) is 5.75. The lowest BCUT2D eigenvalue weighted by atomic mass is 9.76. The molecule has 0 bridgehead atoms. The second-order valence-electron chi connectivity index (χ2n) is 6.44. The standard InChI is InChI=1S/C15H24N4O2/c1-10-16-17-14(18(10)2)9-19-12-6-4-3-5-11(12)7-8-13(19)15(20)21/h11-13H,3-9H2,1-2H3,(H,20,21). The number of aryl methyl sites for hydroxylation is 1. The van der Waals surface area contributed by atoms with E-state index in [0.29, 0.717) is 18.5 Å². The van der Waals surface area contributed by atoms with Crippen LogP contribution in [0.1, 0.15) is 50.2 Å². The average molecular weight is 292 g/mol. The van der Waals surface area contributed by atoms with E-state index in [1.807, 2.05) is 18.5 Å². The van der Waals surface area contributed by atoms with Gasteiger partial charge in [-0.15, -0.1) is 10.2 Å². The van der Waals surface area contributed by atoms with E-state index in [1.165, 1.54) is 19.3 Å². The summed E-state index contributed by atoms with van der Waals surface area (Å²) in [6.45, 7) is 2.51. The van der Waals surface area contributed by atoms with Crippen molar-refractivity contribution in [1.29, 1.82) is 0 Å². The van der Waals surface area contributed by atoms with Gasteiger partial charge in [0, 0.05) is 13.1 Å². The third-order valence-corrected chi connectivity index (χ3v) is 5.30. The van der Waals surface area contributed by atoms with Gasteiger partial charge >= 0.3 is 5.97 Å². The largest absolute Gasteiger partial charge is 0.480 e. The summed E-state index contributed by atoms with van der Waals surface area (Å²) in [6.07, 6.45) is 6.66. The molecule has 2 heterocycles. The summed E-state index contributed by atoms with van der Waals surface area (Å²) in [4.78, 5) is 13.8. The van der Waals surface area contributed by atoms with Gasteiger partial charge in [0.05, 0.1) is 6.54 Å². The molecular formula is C15H24N4O2. The Morgan fingerprint density at radius 2 is 2.00 bits per heavy atom. The Morgan fingerprint density at radius 1 is 1.24 bits per heavy atom. The van der Waals surface area contributed by atoms with E-state index in [4.69, 9.17) is 0 Å². The minimum Gasteiger partial charge on any atom is -0.480 e. The summed E-state index contributed by atoms with van der Waals surface area (Å²) in [5.41, 5.74) is 0. The summed E-state index contributed by atoms with van der Waals surface area (Å²) in [6, 6.07) is 0.0203. The van der Waals surface area contributed by atoms with Crippen molar-refractivity contribution in [2.45, 2.75) is 64.1 Å². The summed E-state index contributed by atoms with van der Waals surface area (Å²) >= 11 is 0. The van der Waals surface area contributed by atoms with Crippen LogP contribution in [0.4, 0.5) is 0 Å². The van der Waals surface area contributed by atoms with Crippen molar-refractivity contribution < 1.29 is 9.90 Å². The predicted molar refractivity (Wildman–Crippen MR) is 77.7 cm³/mol. The van der Waals surface area contributed by atoms with Gasteiger partial charge in [0.25, 0.3) is 0 Å². The van der Waals surface area contributed by atoms with E-state index in [1.54, 1.807) is 0 Å². The summed E-state index contributed by atoms with van der Waals surface area (Å²) in [5.74, 6) is 1.70. The fraction of sp³-hybridized carbons (Fsp3) is 0.800. The maximum absolute atomic E-state index is 11.6. The number of nitrogens with zero attached hydrogens (tertiary/aromatic N) is 4. The van der Waals surface area contributed by atoms with E-state index in [2.05, 4.69) is 15.1 Å². The molecule has 6 heteroatoms. The molecule has 0 amide bonds. The molecule has 0 aromatic carbocycles. The zero-order chi connectivity index (χ0) is 15.0. The number of carboxylic acids is 1. The number of carbonyl (C=O) groups is 1. The van der Waals surface area contributed by atoms with Gasteiger partial charge in [-0.1, -0.05) is 12.8 Å². The van der Waals surface area contributed by atoms with Crippen LogP contribution in [-0.4, -0.2) is 42.8 Å². The lowest BCUT2D eigenvalue weighted by Gasteiger charge is -2.46. The zero-order valence-corrected chi connectivity index (χ0v) is 12.8. The minimum atomic E-state index is -0.696. The second-order valence-corrected chi connectivity index (χ2v) is 6.44. The van der Waals surface area contributed by atoms with Crippen LogP contribution in [0.15, 0.2) is 0 Å². The molecule has 1 N–H and O–H groups in total. The Balaban J connectivity index is 1.85. The molecule has 116 valence electrons. The maximum atomic E-state index is 11.6. The van der Waals surface area contributed by atoms with E-state index >= 15 is 0 Å². The molecule has 1 aromatic heterocycles. The highest BCUT2D eigenvalue weighted by atomic mass is 16.4. The normalized spacial score (nSPS) is 30.1. The van der Waals surface area contributed by atoms with Crippen molar-refractivity contribution in [2.75, 3.05) is 0 Å².